The molecular weight excluding hydrogens is 194 g/mol. The third kappa shape index (κ3) is 1.48. The van der Waals surface area contributed by atoms with Crippen molar-refractivity contribution in [3.05, 3.63) is 11.8 Å². The average molecular weight is 207 g/mol. The van der Waals surface area contributed by atoms with Gasteiger partial charge in [0.25, 0.3) is 0 Å². The molecule has 3 rings (SSSR count). The molecule has 1 unspecified atom stereocenters. The molecule has 1 aromatic rings. The van der Waals surface area contributed by atoms with Gasteiger partial charge >= 0.3 is 5.97 Å². The van der Waals surface area contributed by atoms with E-state index >= 15 is 0 Å². The quantitative estimate of drug-likeness (QED) is 0.760. The predicted molar refractivity (Wildman–Crippen MR) is 53.9 cm³/mol. The van der Waals surface area contributed by atoms with Crippen molar-refractivity contribution < 1.29 is 9.90 Å². The van der Waals surface area contributed by atoms with E-state index in [1.165, 1.54) is 12.8 Å². The number of aliphatic carboxylic acids is 1. The zero-order valence-electron chi connectivity index (χ0n) is 8.31. The van der Waals surface area contributed by atoms with Gasteiger partial charge in [-0.15, -0.1) is 0 Å². The van der Waals surface area contributed by atoms with Crippen LogP contribution in [0.15, 0.2) is 6.07 Å². The fourth-order valence-corrected chi connectivity index (χ4v) is 1.99. The summed E-state index contributed by atoms with van der Waals surface area (Å²) in [5.41, 5.74) is 1.11. The van der Waals surface area contributed by atoms with E-state index in [-0.39, 0.29) is 0 Å². The van der Waals surface area contributed by atoms with Crippen LogP contribution in [0, 0.1) is 0 Å². The molecule has 2 N–H and O–H groups in total. The monoisotopic (exact) mass is 207 g/mol. The SMILES string of the molecule is O=C(O)C1CCn2nc(C3CC3)cc2N1. The number of nitrogens with one attached hydrogen (secondary N) is 1. The largest absolute Gasteiger partial charge is 0.480 e. The number of rotatable bonds is 2. The number of hydrogen-bond donors (Lipinski definition) is 2. The van der Waals surface area contributed by atoms with Crippen LogP contribution in [0.25, 0.3) is 0 Å². The van der Waals surface area contributed by atoms with Gasteiger partial charge in [-0.3, -0.25) is 0 Å². The minimum atomic E-state index is -0.782. The summed E-state index contributed by atoms with van der Waals surface area (Å²) in [5.74, 6) is 0.694. The van der Waals surface area contributed by atoms with Crippen molar-refractivity contribution in [2.24, 2.45) is 0 Å². The number of carboxylic acid groups (broad SMARTS) is 1. The Morgan fingerprint density at radius 3 is 3.00 bits per heavy atom. The molecule has 1 aliphatic carbocycles. The van der Waals surface area contributed by atoms with E-state index in [1.54, 1.807) is 0 Å². The molecule has 0 aromatic carbocycles. The van der Waals surface area contributed by atoms with Crippen molar-refractivity contribution in [2.75, 3.05) is 5.32 Å². The molecule has 2 heterocycles. The first kappa shape index (κ1) is 8.76. The lowest BCUT2D eigenvalue weighted by atomic mass is 10.2. The van der Waals surface area contributed by atoms with Crippen molar-refractivity contribution in [2.45, 2.75) is 37.8 Å². The number of aromatic nitrogens is 2. The summed E-state index contributed by atoms with van der Waals surface area (Å²) in [7, 11) is 0. The maximum Gasteiger partial charge on any atom is 0.326 e. The van der Waals surface area contributed by atoms with E-state index in [4.69, 9.17) is 5.11 Å². The van der Waals surface area contributed by atoms with Gasteiger partial charge in [0, 0.05) is 18.5 Å². The Morgan fingerprint density at radius 2 is 2.33 bits per heavy atom. The van der Waals surface area contributed by atoms with Crippen LogP contribution in [0.3, 0.4) is 0 Å². The Kier molecular flexibility index (Phi) is 1.74. The summed E-state index contributed by atoms with van der Waals surface area (Å²) < 4.78 is 1.88. The van der Waals surface area contributed by atoms with Gasteiger partial charge < -0.3 is 10.4 Å². The molecule has 1 atom stereocenters. The highest BCUT2D eigenvalue weighted by molar-refractivity contribution is 5.77. The molecule has 15 heavy (non-hydrogen) atoms. The normalized spacial score (nSPS) is 24.4. The molecule has 5 nitrogen and oxygen atoms in total. The number of nitrogens with zero attached hydrogens (tertiary/aromatic N) is 2. The molecule has 0 spiro atoms. The van der Waals surface area contributed by atoms with Crippen molar-refractivity contribution in [1.29, 1.82) is 0 Å². The first-order valence-corrected chi connectivity index (χ1v) is 5.31. The second kappa shape index (κ2) is 2.98. The highest BCUT2D eigenvalue weighted by Crippen LogP contribution is 2.40. The van der Waals surface area contributed by atoms with Gasteiger partial charge in [0.2, 0.25) is 0 Å². The smallest absolute Gasteiger partial charge is 0.326 e. The van der Waals surface area contributed by atoms with Crippen molar-refractivity contribution in [3.8, 4) is 0 Å². The fraction of sp³-hybridized carbons (Fsp3) is 0.600. The van der Waals surface area contributed by atoms with Gasteiger partial charge in [0.1, 0.15) is 11.9 Å². The van der Waals surface area contributed by atoms with Gasteiger partial charge in [-0.05, 0) is 19.3 Å². The van der Waals surface area contributed by atoms with E-state index in [0.717, 1.165) is 11.5 Å². The number of anilines is 1. The minimum absolute atomic E-state index is 0.457. The van der Waals surface area contributed by atoms with Crippen LogP contribution in [0.1, 0.15) is 30.9 Å². The lowest BCUT2D eigenvalue weighted by Crippen LogP contribution is -2.35. The second-order valence-electron chi connectivity index (χ2n) is 4.28. The highest BCUT2D eigenvalue weighted by atomic mass is 16.4. The lowest BCUT2D eigenvalue weighted by molar-refractivity contribution is -0.138. The van der Waals surface area contributed by atoms with Crippen LogP contribution < -0.4 is 5.32 Å². The summed E-state index contributed by atoms with van der Waals surface area (Å²) >= 11 is 0. The van der Waals surface area contributed by atoms with Crippen molar-refractivity contribution >= 4 is 11.8 Å². The van der Waals surface area contributed by atoms with Crippen LogP contribution >= 0.6 is 0 Å². The maximum absolute atomic E-state index is 10.8. The molecule has 1 saturated carbocycles. The second-order valence-corrected chi connectivity index (χ2v) is 4.28. The van der Waals surface area contributed by atoms with Crippen LogP contribution in [0.5, 0.6) is 0 Å². The molecule has 80 valence electrons. The Bertz CT molecular complexity index is 409. The summed E-state index contributed by atoms with van der Waals surface area (Å²) in [5, 5.41) is 16.4. The van der Waals surface area contributed by atoms with Crippen molar-refractivity contribution in [3.63, 3.8) is 0 Å². The Balaban J connectivity index is 1.85. The molecule has 1 aliphatic heterocycles. The zero-order chi connectivity index (χ0) is 10.4. The predicted octanol–water partition coefficient (Wildman–Crippen LogP) is 1.03. The molecule has 0 saturated heterocycles. The number of carboxylic acids is 1. The summed E-state index contributed by atoms with van der Waals surface area (Å²) in [4.78, 5) is 10.8. The standard InChI is InChI=1S/C10H13N3O2/c14-10(15)7-3-4-13-9(11-7)5-8(12-13)6-1-2-6/h5-7,11H,1-4H2,(H,14,15). The lowest BCUT2D eigenvalue weighted by Gasteiger charge is -2.21. The van der Waals surface area contributed by atoms with Crippen LogP contribution in [0.4, 0.5) is 5.82 Å². The van der Waals surface area contributed by atoms with E-state index < -0.39 is 12.0 Å². The molecule has 0 amide bonds. The number of carbonyl (C=O) groups is 1. The molecule has 5 heteroatoms. The molecular formula is C10H13N3O2. The first-order valence-electron chi connectivity index (χ1n) is 5.31. The fourth-order valence-electron chi connectivity index (χ4n) is 1.99. The van der Waals surface area contributed by atoms with Crippen molar-refractivity contribution in [1.82, 2.24) is 9.78 Å². The van der Waals surface area contributed by atoms with E-state index in [2.05, 4.69) is 10.4 Å². The maximum atomic E-state index is 10.8. The van der Waals surface area contributed by atoms with E-state index in [1.807, 2.05) is 10.7 Å². The summed E-state index contributed by atoms with van der Waals surface area (Å²) in [6.45, 7) is 0.700. The Labute approximate surface area is 87.1 Å². The van der Waals surface area contributed by atoms with Crippen LogP contribution in [-0.2, 0) is 11.3 Å². The first-order chi connectivity index (χ1) is 7.24. The molecule has 1 aromatic heterocycles. The van der Waals surface area contributed by atoms with E-state index in [0.29, 0.717) is 18.9 Å². The third-order valence-electron chi connectivity index (χ3n) is 3.04. The van der Waals surface area contributed by atoms with Gasteiger partial charge in [-0.2, -0.15) is 5.10 Å². The topological polar surface area (TPSA) is 67.1 Å². The highest BCUT2D eigenvalue weighted by Gasteiger charge is 2.30. The van der Waals surface area contributed by atoms with Gasteiger partial charge in [-0.25, -0.2) is 9.48 Å². The molecule has 1 fully saturated rings. The number of fused-ring (bicyclic) bond motifs is 1. The number of hydrogen-bond acceptors (Lipinski definition) is 3. The minimum Gasteiger partial charge on any atom is -0.480 e. The van der Waals surface area contributed by atoms with Gasteiger partial charge in [-0.1, -0.05) is 0 Å². The Morgan fingerprint density at radius 1 is 1.53 bits per heavy atom. The Hall–Kier alpha value is -1.52. The van der Waals surface area contributed by atoms with E-state index in [9.17, 15) is 4.79 Å². The zero-order valence-corrected chi connectivity index (χ0v) is 8.31. The molecule has 0 radical (unpaired) electrons. The van der Waals surface area contributed by atoms with Gasteiger partial charge in [0.15, 0.2) is 0 Å². The van der Waals surface area contributed by atoms with Gasteiger partial charge in [0.05, 0.1) is 5.69 Å². The average Bonchev–Trinajstić information content (AvgIpc) is 2.97. The third-order valence-corrected chi connectivity index (χ3v) is 3.04. The molecule has 0 bridgehead atoms. The van der Waals surface area contributed by atoms with Crippen LogP contribution in [-0.4, -0.2) is 26.9 Å². The number of aryl methyl sites for hydroxylation is 1. The summed E-state index contributed by atoms with van der Waals surface area (Å²) in [6, 6.07) is 1.54. The molecule has 2 aliphatic rings. The summed E-state index contributed by atoms with van der Waals surface area (Å²) in [6.07, 6.45) is 3.05. The van der Waals surface area contributed by atoms with Crippen LogP contribution in [0.2, 0.25) is 0 Å².